The van der Waals surface area contributed by atoms with Gasteiger partial charge in [-0.15, -0.1) is 0 Å². The van der Waals surface area contributed by atoms with E-state index in [9.17, 15) is 14.4 Å². The van der Waals surface area contributed by atoms with Gasteiger partial charge in [0.1, 0.15) is 30.5 Å². The van der Waals surface area contributed by atoms with E-state index in [2.05, 4.69) is 0 Å². The molecule has 1 amide bonds. The summed E-state index contributed by atoms with van der Waals surface area (Å²) in [6.07, 6.45) is 0.711. The van der Waals surface area contributed by atoms with Crippen molar-refractivity contribution in [2.45, 2.75) is 19.4 Å². The molecule has 0 spiro atoms. The summed E-state index contributed by atoms with van der Waals surface area (Å²) in [4.78, 5) is 43.1. The van der Waals surface area contributed by atoms with Crippen LogP contribution in [0.1, 0.15) is 33.9 Å². The van der Waals surface area contributed by atoms with Crippen LogP contribution in [0, 0.1) is 12.8 Å². The number of nitrogens with one attached hydrogen (secondary N) is 1. The van der Waals surface area contributed by atoms with Gasteiger partial charge in [0.2, 0.25) is 5.78 Å². The van der Waals surface area contributed by atoms with Crippen LogP contribution in [0.3, 0.4) is 0 Å². The van der Waals surface area contributed by atoms with Gasteiger partial charge in [-0.2, -0.15) is 0 Å². The van der Waals surface area contributed by atoms with Crippen molar-refractivity contribution in [3.8, 4) is 11.5 Å². The Bertz CT molecular complexity index is 1080. The summed E-state index contributed by atoms with van der Waals surface area (Å²) in [6, 6.07) is 11.6. The molecule has 8 nitrogen and oxygen atoms in total. The lowest BCUT2D eigenvalue weighted by Gasteiger charge is -2.29. The number of amides is 1. The Morgan fingerprint density at radius 2 is 1.77 bits per heavy atom. The fourth-order valence-electron chi connectivity index (χ4n) is 4.95. The SMILES string of the molecule is COc1ccc(OC)c(C2C(C(=O)c3ccc(C)cc3)C(=O)C(=O)N2CCC[NH+]2CCOCC2)c1. The zero-order chi connectivity index (χ0) is 24.9. The maximum Gasteiger partial charge on any atom is 0.291 e. The lowest BCUT2D eigenvalue weighted by Crippen LogP contribution is -3.14. The van der Waals surface area contributed by atoms with Crippen LogP contribution in [0.5, 0.6) is 11.5 Å². The van der Waals surface area contributed by atoms with Crippen molar-refractivity contribution in [2.75, 3.05) is 53.6 Å². The fraction of sp³-hybridized carbons (Fsp3) is 0.444. The third-order valence-electron chi connectivity index (χ3n) is 6.91. The number of carbonyl (C=O) groups is 3. The van der Waals surface area contributed by atoms with Crippen molar-refractivity contribution in [3.63, 3.8) is 0 Å². The molecule has 1 N–H and O–H groups in total. The molecule has 0 aromatic heterocycles. The topological polar surface area (TPSA) is 86.6 Å². The molecule has 0 radical (unpaired) electrons. The van der Waals surface area contributed by atoms with Crippen LogP contribution in [0.25, 0.3) is 0 Å². The maximum absolute atomic E-state index is 13.6. The first-order chi connectivity index (χ1) is 16.9. The number of likely N-dealkylation sites (tertiary alicyclic amines) is 1. The van der Waals surface area contributed by atoms with E-state index in [1.165, 1.54) is 12.0 Å². The summed E-state index contributed by atoms with van der Waals surface area (Å²) >= 11 is 0. The molecule has 0 saturated carbocycles. The minimum Gasteiger partial charge on any atom is -0.497 e. The number of ether oxygens (including phenoxy) is 3. The van der Waals surface area contributed by atoms with Crippen molar-refractivity contribution in [1.29, 1.82) is 0 Å². The Balaban J connectivity index is 1.69. The van der Waals surface area contributed by atoms with E-state index in [0.717, 1.165) is 38.4 Å². The highest BCUT2D eigenvalue weighted by atomic mass is 16.5. The summed E-state index contributed by atoms with van der Waals surface area (Å²) in [5.41, 5.74) is 2.01. The van der Waals surface area contributed by atoms with Gasteiger partial charge in [-0.3, -0.25) is 14.4 Å². The van der Waals surface area contributed by atoms with Gasteiger partial charge in [0.15, 0.2) is 5.78 Å². The molecule has 0 aliphatic carbocycles. The van der Waals surface area contributed by atoms with Gasteiger partial charge in [0.05, 0.1) is 40.0 Å². The minimum atomic E-state index is -1.15. The lowest BCUT2D eigenvalue weighted by atomic mass is 9.85. The molecule has 2 aliphatic heterocycles. The molecule has 2 unspecified atom stereocenters. The summed E-state index contributed by atoms with van der Waals surface area (Å²) in [5.74, 6) is -1.75. The average Bonchev–Trinajstić information content (AvgIpc) is 3.14. The van der Waals surface area contributed by atoms with Gasteiger partial charge < -0.3 is 24.0 Å². The summed E-state index contributed by atoms with van der Waals surface area (Å²) < 4.78 is 16.4. The first-order valence-electron chi connectivity index (χ1n) is 12.0. The van der Waals surface area contributed by atoms with Crippen LogP contribution in [0.15, 0.2) is 42.5 Å². The first kappa shape index (κ1) is 24.9. The molecule has 2 heterocycles. The van der Waals surface area contributed by atoms with Gasteiger partial charge in [-0.25, -0.2) is 0 Å². The lowest BCUT2D eigenvalue weighted by molar-refractivity contribution is -0.908. The Labute approximate surface area is 205 Å². The number of aryl methyl sites for hydroxylation is 1. The number of benzene rings is 2. The van der Waals surface area contributed by atoms with Crippen LogP contribution in [-0.2, 0) is 14.3 Å². The zero-order valence-corrected chi connectivity index (χ0v) is 20.5. The standard InChI is InChI=1S/C27H32N2O6/c1-18-5-7-19(8-6-18)25(30)23-24(21-17-20(33-2)9-10-22(21)34-3)29(27(32)26(23)31)12-4-11-28-13-15-35-16-14-28/h5-10,17,23-24H,4,11-16H2,1-3H3/p+1. The van der Waals surface area contributed by atoms with Crippen molar-refractivity contribution >= 4 is 17.5 Å². The third kappa shape index (κ3) is 5.23. The number of carbonyl (C=O) groups excluding carboxylic acids is 3. The molecular formula is C27H33N2O6+. The van der Waals surface area contributed by atoms with Crippen LogP contribution in [-0.4, -0.2) is 76.0 Å². The van der Waals surface area contributed by atoms with Gasteiger partial charge in [0.25, 0.3) is 5.91 Å². The molecule has 2 aromatic rings. The second kappa shape index (κ2) is 11.0. The monoisotopic (exact) mass is 481 g/mol. The molecular weight excluding hydrogens is 448 g/mol. The third-order valence-corrected chi connectivity index (χ3v) is 6.91. The molecule has 2 aliphatic rings. The molecule has 0 bridgehead atoms. The minimum absolute atomic E-state index is 0.362. The average molecular weight is 482 g/mol. The van der Waals surface area contributed by atoms with E-state index in [1.54, 1.807) is 42.3 Å². The quantitative estimate of drug-likeness (QED) is 0.330. The fourth-order valence-corrected chi connectivity index (χ4v) is 4.95. The number of Topliss-reactive ketones (excluding diaryl/α,β-unsaturated/α-hetero) is 2. The Morgan fingerprint density at radius 3 is 2.43 bits per heavy atom. The van der Waals surface area contributed by atoms with Crippen molar-refractivity contribution < 1.29 is 33.5 Å². The second-order valence-corrected chi connectivity index (χ2v) is 9.09. The predicted molar refractivity (Wildman–Crippen MR) is 129 cm³/mol. The molecule has 2 fully saturated rings. The highest BCUT2D eigenvalue weighted by molar-refractivity contribution is 6.44. The number of morpholine rings is 1. The number of rotatable bonds is 9. The summed E-state index contributed by atoms with van der Waals surface area (Å²) in [6.45, 7) is 6.47. The van der Waals surface area contributed by atoms with Crippen molar-refractivity contribution in [1.82, 2.24) is 4.90 Å². The van der Waals surface area contributed by atoms with Crippen LogP contribution < -0.4 is 14.4 Å². The number of ketones is 2. The predicted octanol–water partition coefficient (Wildman–Crippen LogP) is 1.27. The zero-order valence-electron chi connectivity index (χ0n) is 20.5. The van der Waals surface area contributed by atoms with E-state index >= 15 is 0 Å². The Morgan fingerprint density at radius 1 is 1.06 bits per heavy atom. The number of hydrogen-bond donors (Lipinski definition) is 1. The van der Waals surface area contributed by atoms with Crippen LogP contribution >= 0.6 is 0 Å². The molecule has 2 atom stereocenters. The number of hydrogen-bond acceptors (Lipinski definition) is 6. The summed E-state index contributed by atoms with van der Waals surface area (Å²) in [5, 5.41) is 0. The number of quaternary nitrogens is 1. The molecule has 35 heavy (non-hydrogen) atoms. The second-order valence-electron chi connectivity index (χ2n) is 9.09. The maximum atomic E-state index is 13.6. The molecule has 4 rings (SSSR count). The van der Waals surface area contributed by atoms with Crippen molar-refractivity contribution in [2.24, 2.45) is 5.92 Å². The van der Waals surface area contributed by atoms with E-state index in [0.29, 0.717) is 35.6 Å². The van der Waals surface area contributed by atoms with Gasteiger partial charge >= 0.3 is 0 Å². The van der Waals surface area contributed by atoms with Crippen LogP contribution in [0.2, 0.25) is 0 Å². The van der Waals surface area contributed by atoms with E-state index in [1.807, 2.05) is 19.1 Å². The Hall–Kier alpha value is -3.23. The van der Waals surface area contributed by atoms with Gasteiger partial charge in [-0.05, 0) is 25.1 Å². The summed E-state index contributed by atoms with van der Waals surface area (Å²) in [7, 11) is 3.08. The molecule has 2 aromatic carbocycles. The highest BCUT2D eigenvalue weighted by Gasteiger charge is 2.52. The number of nitrogens with zero attached hydrogens (tertiary/aromatic N) is 1. The van der Waals surface area contributed by atoms with Gasteiger partial charge in [0, 0.05) is 24.1 Å². The first-order valence-corrected chi connectivity index (χ1v) is 12.0. The van der Waals surface area contributed by atoms with Gasteiger partial charge in [-0.1, -0.05) is 29.8 Å². The van der Waals surface area contributed by atoms with E-state index in [4.69, 9.17) is 14.2 Å². The van der Waals surface area contributed by atoms with Crippen LogP contribution in [0.4, 0.5) is 0 Å². The smallest absolute Gasteiger partial charge is 0.291 e. The highest BCUT2D eigenvalue weighted by Crippen LogP contribution is 2.43. The normalized spacial score (nSPS) is 20.8. The largest absolute Gasteiger partial charge is 0.497 e. The Kier molecular flexibility index (Phi) is 7.83. The molecule has 2 saturated heterocycles. The van der Waals surface area contributed by atoms with E-state index in [-0.39, 0.29) is 5.78 Å². The van der Waals surface area contributed by atoms with Crippen molar-refractivity contribution in [3.05, 3.63) is 59.2 Å². The number of methoxy groups -OCH3 is 2. The molecule has 186 valence electrons. The van der Waals surface area contributed by atoms with E-state index < -0.39 is 23.7 Å². The molecule has 8 heteroatoms.